The lowest BCUT2D eigenvalue weighted by molar-refractivity contribution is -0.394. The van der Waals surface area contributed by atoms with Crippen LogP contribution in [0.15, 0.2) is 24.4 Å². The van der Waals surface area contributed by atoms with E-state index in [4.69, 9.17) is 0 Å². The molecule has 2 heterocycles. The Balaban J connectivity index is 1.81. The molecule has 1 aliphatic heterocycles. The quantitative estimate of drug-likeness (QED) is 0.599. The van der Waals surface area contributed by atoms with E-state index in [-0.39, 0.29) is 16.8 Å². The lowest BCUT2D eigenvalue weighted by Crippen LogP contribution is -2.32. The summed E-state index contributed by atoms with van der Waals surface area (Å²) in [6.07, 6.45) is 2.57. The number of nitro benzene ring substituents is 2. The van der Waals surface area contributed by atoms with Gasteiger partial charge in [0.2, 0.25) is 0 Å². The van der Waals surface area contributed by atoms with E-state index < -0.39 is 9.85 Å². The number of aromatic nitrogens is 2. The van der Waals surface area contributed by atoms with Gasteiger partial charge in [0, 0.05) is 60.6 Å². The second-order valence-electron chi connectivity index (χ2n) is 7.70. The van der Waals surface area contributed by atoms with Gasteiger partial charge in [-0.1, -0.05) is 20.8 Å². The topological polar surface area (TPSA) is 115 Å². The van der Waals surface area contributed by atoms with Crippen LogP contribution in [0.4, 0.5) is 11.4 Å². The molecule has 9 heteroatoms. The van der Waals surface area contributed by atoms with Gasteiger partial charge >= 0.3 is 0 Å². The Labute approximate surface area is 156 Å². The molecule has 0 amide bonds. The molecule has 1 aromatic heterocycles. The molecule has 0 spiro atoms. The van der Waals surface area contributed by atoms with Gasteiger partial charge in [0.25, 0.3) is 11.4 Å². The van der Waals surface area contributed by atoms with Crippen molar-refractivity contribution in [3.8, 4) is 0 Å². The van der Waals surface area contributed by atoms with Crippen molar-refractivity contribution in [2.24, 2.45) is 0 Å². The molecule has 0 radical (unpaired) electrons. The Bertz CT molecular complexity index is 907. The highest BCUT2D eigenvalue weighted by Crippen LogP contribution is 2.28. The molecule has 0 aliphatic carbocycles. The normalized spacial score (nSPS) is 14.6. The third-order valence-corrected chi connectivity index (χ3v) is 4.55. The standard InChI is InChI=1S/C18H21N5O4/c1-18(2,3)17-19-9-13-11-21(7-6-15(13)20-17)10-12-4-5-14(22(24)25)8-16(12)23(26)27/h4-5,8-9H,6-7,10-11H2,1-3H3. The predicted octanol–water partition coefficient (Wildman–Crippen LogP) is 3.15. The number of nitro groups is 2. The second-order valence-corrected chi connectivity index (χ2v) is 7.70. The van der Waals surface area contributed by atoms with Crippen LogP contribution in [-0.2, 0) is 24.9 Å². The molecule has 1 aromatic carbocycles. The van der Waals surface area contributed by atoms with E-state index in [1.54, 1.807) is 0 Å². The summed E-state index contributed by atoms with van der Waals surface area (Å²) < 4.78 is 0. The smallest absolute Gasteiger partial charge is 0.280 e. The summed E-state index contributed by atoms with van der Waals surface area (Å²) >= 11 is 0. The minimum Gasteiger partial charge on any atom is -0.294 e. The maximum absolute atomic E-state index is 11.3. The van der Waals surface area contributed by atoms with Gasteiger partial charge in [-0.05, 0) is 6.07 Å². The van der Waals surface area contributed by atoms with Crippen LogP contribution >= 0.6 is 0 Å². The van der Waals surface area contributed by atoms with Gasteiger partial charge in [-0.2, -0.15) is 0 Å². The molecule has 0 saturated heterocycles. The Hall–Kier alpha value is -2.94. The molecular weight excluding hydrogens is 350 g/mol. The molecule has 27 heavy (non-hydrogen) atoms. The number of benzene rings is 1. The van der Waals surface area contributed by atoms with Crippen molar-refractivity contribution < 1.29 is 9.85 Å². The molecular formula is C18H21N5O4. The minimum atomic E-state index is -0.627. The van der Waals surface area contributed by atoms with Crippen molar-refractivity contribution in [2.45, 2.75) is 45.7 Å². The van der Waals surface area contributed by atoms with Gasteiger partial charge in [-0.25, -0.2) is 9.97 Å². The molecule has 0 atom stereocenters. The van der Waals surface area contributed by atoms with Crippen LogP contribution in [-0.4, -0.2) is 31.3 Å². The first kappa shape index (κ1) is 18.8. The van der Waals surface area contributed by atoms with Gasteiger partial charge in [-0.3, -0.25) is 25.1 Å². The van der Waals surface area contributed by atoms with E-state index in [0.29, 0.717) is 25.2 Å². The Kier molecular flexibility index (Phi) is 4.88. The highest BCUT2D eigenvalue weighted by molar-refractivity contribution is 5.49. The lowest BCUT2D eigenvalue weighted by Gasteiger charge is -2.29. The van der Waals surface area contributed by atoms with Gasteiger partial charge in [-0.15, -0.1) is 0 Å². The van der Waals surface area contributed by atoms with Gasteiger partial charge in [0.15, 0.2) is 0 Å². The molecule has 0 fully saturated rings. The summed E-state index contributed by atoms with van der Waals surface area (Å²) in [7, 11) is 0. The van der Waals surface area contributed by atoms with Gasteiger partial charge < -0.3 is 0 Å². The Morgan fingerprint density at radius 1 is 1.19 bits per heavy atom. The first-order valence-corrected chi connectivity index (χ1v) is 8.64. The highest BCUT2D eigenvalue weighted by Gasteiger charge is 2.25. The zero-order valence-corrected chi connectivity index (χ0v) is 15.5. The third kappa shape index (κ3) is 4.08. The van der Waals surface area contributed by atoms with Gasteiger partial charge in [0.05, 0.1) is 15.9 Å². The van der Waals surface area contributed by atoms with E-state index in [2.05, 4.69) is 35.6 Å². The highest BCUT2D eigenvalue weighted by atomic mass is 16.6. The van der Waals surface area contributed by atoms with Crippen molar-refractivity contribution in [1.29, 1.82) is 0 Å². The third-order valence-electron chi connectivity index (χ3n) is 4.55. The maximum atomic E-state index is 11.3. The van der Waals surface area contributed by atoms with Crippen LogP contribution in [0.3, 0.4) is 0 Å². The van der Waals surface area contributed by atoms with Crippen LogP contribution in [0.2, 0.25) is 0 Å². The number of hydrogen-bond acceptors (Lipinski definition) is 7. The van der Waals surface area contributed by atoms with Crippen LogP contribution in [0.5, 0.6) is 0 Å². The minimum absolute atomic E-state index is 0.120. The fraction of sp³-hybridized carbons (Fsp3) is 0.444. The number of fused-ring (bicyclic) bond motifs is 1. The SMILES string of the molecule is CC(C)(C)c1ncc2c(n1)CCN(Cc1ccc([N+](=O)[O-])cc1[N+](=O)[O-])C2. The Morgan fingerprint density at radius 2 is 1.93 bits per heavy atom. The average Bonchev–Trinajstić information content (AvgIpc) is 2.60. The maximum Gasteiger partial charge on any atom is 0.280 e. The Morgan fingerprint density at radius 3 is 2.56 bits per heavy atom. The summed E-state index contributed by atoms with van der Waals surface area (Å²) in [6.45, 7) is 7.84. The number of non-ortho nitro benzene ring substituents is 1. The molecule has 1 aliphatic rings. The van der Waals surface area contributed by atoms with Crippen molar-refractivity contribution >= 4 is 11.4 Å². The first-order valence-electron chi connectivity index (χ1n) is 8.64. The van der Waals surface area contributed by atoms with Crippen LogP contribution in [0.1, 0.15) is 43.4 Å². The summed E-state index contributed by atoms with van der Waals surface area (Å²) in [5.74, 6) is 0.806. The van der Waals surface area contributed by atoms with E-state index >= 15 is 0 Å². The molecule has 0 N–H and O–H groups in total. The van der Waals surface area contributed by atoms with Crippen molar-refractivity contribution in [3.05, 3.63) is 67.3 Å². The molecule has 0 unspecified atom stereocenters. The number of rotatable bonds is 4. The molecule has 9 nitrogen and oxygen atoms in total. The molecule has 142 valence electrons. The lowest BCUT2D eigenvalue weighted by atomic mass is 9.95. The molecule has 0 saturated carbocycles. The fourth-order valence-electron chi connectivity index (χ4n) is 3.08. The molecule has 0 bridgehead atoms. The number of hydrogen-bond donors (Lipinski definition) is 0. The van der Waals surface area contributed by atoms with Crippen LogP contribution in [0.25, 0.3) is 0 Å². The summed E-state index contributed by atoms with van der Waals surface area (Å²) in [5.41, 5.74) is 1.86. The van der Waals surface area contributed by atoms with Crippen LogP contribution < -0.4 is 0 Å². The summed E-state index contributed by atoms with van der Waals surface area (Å²) in [6, 6.07) is 3.79. The zero-order chi connectivity index (χ0) is 19.8. The summed E-state index contributed by atoms with van der Waals surface area (Å²) in [4.78, 5) is 32.2. The second kappa shape index (κ2) is 6.99. The zero-order valence-electron chi connectivity index (χ0n) is 15.5. The van der Waals surface area contributed by atoms with E-state index in [9.17, 15) is 20.2 Å². The van der Waals surface area contributed by atoms with E-state index in [1.807, 2.05) is 6.20 Å². The van der Waals surface area contributed by atoms with Crippen LogP contribution in [0, 0.1) is 20.2 Å². The van der Waals surface area contributed by atoms with E-state index in [1.165, 1.54) is 12.1 Å². The summed E-state index contributed by atoms with van der Waals surface area (Å²) in [5, 5.41) is 22.2. The predicted molar refractivity (Wildman–Crippen MR) is 98.3 cm³/mol. The van der Waals surface area contributed by atoms with Gasteiger partial charge in [0.1, 0.15) is 5.82 Å². The first-order chi connectivity index (χ1) is 12.6. The van der Waals surface area contributed by atoms with Crippen molar-refractivity contribution in [2.75, 3.05) is 6.54 Å². The average molecular weight is 371 g/mol. The molecule has 3 rings (SSSR count). The van der Waals surface area contributed by atoms with E-state index in [0.717, 1.165) is 29.6 Å². The fourth-order valence-corrected chi connectivity index (χ4v) is 3.08. The van der Waals surface area contributed by atoms with Crippen molar-refractivity contribution in [1.82, 2.24) is 14.9 Å². The van der Waals surface area contributed by atoms with Crippen molar-refractivity contribution in [3.63, 3.8) is 0 Å². The monoisotopic (exact) mass is 371 g/mol. The molecule has 2 aromatic rings. The largest absolute Gasteiger partial charge is 0.294 e. The number of nitrogens with zero attached hydrogens (tertiary/aromatic N) is 5.